The highest BCUT2D eigenvalue weighted by Crippen LogP contribution is 2.41. The van der Waals surface area contributed by atoms with Gasteiger partial charge in [-0.05, 0) is 43.3 Å². The van der Waals surface area contributed by atoms with E-state index in [-0.39, 0.29) is 6.17 Å². The topological polar surface area (TPSA) is 79.9 Å². The summed E-state index contributed by atoms with van der Waals surface area (Å²) in [6, 6.07) is 29.1. The molecule has 8 nitrogen and oxygen atoms in total. The lowest BCUT2D eigenvalue weighted by atomic mass is 10.1. The molecule has 0 aliphatic rings. The second-order valence-electron chi connectivity index (χ2n) is 10.7. The fraction of sp³-hybridized carbons (Fsp3) is 0.111. The van der Waals surface area contributed by atoms with Gasteiger partial charge in [-0.25, -0.2) is 9.97 Å². The second kappa shape index (κ2) is 10.2. The first kappa shape index (κ1) is 25.9. The summed E-state index contributed by atoms with van der Waals surface area (Å²) in [5.41, 5.74) is 7.87. The van der Waals surface area contributed by atoms with Crippen LogP contribution in [0.3, 0.4) is 0 Å². The van der Waals surface area contributed by atoms with Crippen molar-refractivity contribution in [3.8, 4) is 34.3 Å². The van der Waals surface area contributed by atoms with Gasteiger partial charge in [0.1, 0.15) is 6.17 Å². The van der Waals surface area contributed by atoms with Crippen molar-refractivity contribution in [2.75, 3.05) is 14.2 Å². The molecule has 8 aromatic rings. The summed E-state index contributed by atoms with van der Waals surface area (Å²) in [5.74, 6) is 1.13. The molecular formula is C36H28N6O2. The zero-order chi connectivity index (χ0) is 29.8. The van der Waals surface area contributed by atoms with Crippen LogP contribution in [-0.4, -0.2) is 43.3 Å². The van der Waals surface area contributed by atoms with E-state index < -0.39 is 0 Å². The fourth-order valence-corrected chi connectivity index (χ4v) is 6.49. The SMILES string of the molecule is COc1ccc(-c2nccc3c4ccccc4n(C(C)n4c5ccccc5c5ccnc(-c6ccc(OC)nc6)c54)c23)cn1. The predicted molar refractivity (Wildman–Crippen MR) is 174 cm³/mol. The van der Waals surface area contributed by atoms with Crippen molar-refractivity contribution in [3.05, 3.63) is 110 Å². The van der Waals surface area contributed by atoms with Crippen molar-refractivity contribution in [1.82, 2.24) is 29.1 Å². The van der Waals surface area contributed by atoms with Gasteiger partial charge in [-0.3, -0.25) is 9.97 Å². The van der Waals surface area contributed by atoms with Crippen molar-refractivity contribution in [2.45, 2.75) is 13.1 Å². The molecule has 0 N–H and O–H groups in total. The third-order valence-corrected chi connectivity index (χ3v) is 8.42. The Balaban J connectivity index is 1.46. The molecule has 214 valence electrons. The number of pyridine rings is 4. The molecule has 8 rings (SSSR count). The number of ether oxygens (including phenoxy) is 2. The van der Waals surface area contributed by atoms with Gasteiger partial charge in [-0.2, -0.15) is 0 Å². The normalized spacial score (nSPS) is 11.7. The summed E-state index contributed by atoms with van der Waals surface area (Å²) in [7, 11) is 3.24. The van der Waals surface area contributed by atoms with E-state index in [1.807, 2.05) is 49.1 Å². The van der Waals surface area contributed by atoms with E-state index in [0.29, 0.717) is 11.8 Å². The molecule has 44 heavy (non-hydrogen) atoms. The van der Waals surface area contributed by atoms with Crippen LogP contribution in [0.15, 0.2) is 110 Å². The van der Waals surface area contributed by atoms with Crippen molar-refractivity contribution in [1.29, 1.82) is 0 Å². The first-order chi connectivity index (χ1) is 21.7. The van der Waals surface area contributed by atoms with Gasteiger partial charge in [0, 0.05) is 69.6 Å². The average Bonchev–Trinajstić information content (AvgIpc) is 3.61. The molecular weight excluding hydrogens is 548 g/mol. The highest BCUT2D eigenvalue weighted by atomic mass is 16.5. The van der Waals surface area contributed by atoms with Gasteiger partial charge in [-0.1, -0.05) is 36.4 Å². The maximum atomic E-state index is 5.34. The molecule has 8 heteroatoms. The lowest BCUT2D eigenvalue weighted by molar-refractivity contribution is 0.398. The number of fused-ring (bicyclic) bond motifs is 6. The molecule has 0 fully saturated rings. The van der Waals surface area contributed by atoms with E-state index in [0.717, 1.165) is 66.1 Å². The zero-order valence-electron chi connectivity index (χ0n) is 24.5. The first-order valence-corrected chi connectivity index (χ1v) is 14.4. The van der Waals surface area contributed by atoms with Crippen LogP contribution in [0.4, 0.5) is 0 Å². The Morgan fingerprint density at radius 3 is 1.39 bits per heavy atom. The summed E-state index contributed by atoms with van der Waals surface area (Å²) < 4.78 is 15.5. The number of methoxy groups -OCH3 is 2. The minimum atomic E-state index is -0.164. The maximum Gasteiger partial charge on any atom is 0.212 e. The monoisotopic (exact) mass is 576 g/mol. The molecule has 0 spiro atoms. The fourth-order valence-electron chi connectivity index (χ4n) is 6.49. The Morgan fingerprint density at radius 1 is 0.523 bits per heavy atom. The van der Waals surface area contributed by atoms with Gasteiger partial charge in [0.2, 0.25) is 11.8 Å². The van der Waals surface area contributed by atoms with Crippen LogP contribution in [0.25, 0.3) is 66.1 Å². The molecule has 6 aromatic heterocycles. The molecule has 0 saturated carbocycles. The maximum absolute atomic E-state index is 5.34. The summed E-state index contributed by atoms with van der Waals surface area (Å²) in [5, 5.41) is 4.59. The molecule has 0 radical (unpaired) electrons. The van der Waals surface area contributed by atoms with Crippen molar-refractivity contribution >= 4 is 43.6 Å². The Morgan fingerprint density at radius 2 is 0.977 bits per heavy atom. The Labute approximate surface area is 253 Å². The molecule has 2 aromatic carbocycles. The van der Waals surface area contributed by atoms with E-state index in [1.54, 1.807) is 14.2 Å². The molecule has 0 atom stereocenters. The van der Waals surface area contributed by atoms with Gasteiger partial charge in [-0.15, -0.1) is 0 Å². The Kier molecular flexibility index (Phi) is 6.01. The van der Waals surface area contributed by atoms with E-state index >= 15 is 0 Å². The Bertz CT molecular complexity index is 2160. The smallest absolute Gasteiger partial charge is 0.212 e. The van der Waals surface area contributed by atoms with Crippen LogP contribution in [0, 0.1) is 0 Å². The molecule has 0 amide bonds. The zero-order valence-corrected chi connectivity index (χ0v) is 24.5. The average molecular weight is 577 g/mol. The summed E-state index contributed by atoms with van der Waals surface area (Å²) >= 11 is 0. The van der Waals surface area contributed by atoms with Crippen LogP contribution in [0.2, 0.25) is 0 Å². The van der Waals surface area contributed by atoms with Crippen LogP contribution >= 0.6 is 0 Å². The number of benzene rings is 2. The van der Waals surface area contributed by atoms with E-state index in [9.17, 15) is 0 Å². The van der Waals surface area contributed by atoms with Crippen LogP contribution in [0.5, 0.6) is 11.8 Å². The molecule has 0 aliphatic carbocycles. The van der Waals surface area contributed by atoms with E-state index in [1.165, 1.54) is 0 Å². The molecule has 0 unspecified atom stereocenters. The summed E-state index contributed by atoms with van der Waals surface area (Å²) in [6.45, 7) is 2.24. The van der Waals surface area contributed by atoms with Gasteiger partial charge in [0.25, 0.3) is 0 Å². The number of rotatable bonds is 6. The van der Waals surface area contributed by atoms with Crippen molar-refractivity contribution in [2.24, 2.45) is 0 Å². The lowest BCUT2D eigenvalue weighted by Gasteiger charge is -2.23. The predicted octanol–water partition coefficient (Wildman–Crippen LogP) is 7.90. The molecule has 0 bridgehead atoms. The van der Waals surface area contributed by atoms with Gasteiger partial charge < -0.3 is 18.6 Å². The minimum absolute atomic E-state index is 0.164. The number of para-hydroxylation sites is 2. The van der Waals surface area contributed by atoms with Crippen LogP contribution in [-0.2, 0) is 0 Å². The molecule has 0 saturated heterocycles. The van der Waals surface area contributed by atoms with Crippen LogP contribution in [0.1, 0.15) is 13.1 Å². The lowest BCUT2D eigenvalue weighted by Crippen LogP contribution is -2.15. The molecule has 6 heterocycles. The number of hydrogen-bond donors (Lipinski definition) is 0. The highest BCUT2D eigenvalue weighted by Gasteiger charge is 2.25. The summed E-state index contributed by atoms with van der Waals surface area (Å²) in [4.78, 5) is 18.8. The van der Waals surface area contributed by atoms with E-state index in [2.05, 4.69) is 86.7 Å². The van der Waals surface area contributed by atoms with E-state index in [4.69, 9.17) is 19.4 Å². The Hall–Kier alpha value is -5.76. The first-order valence-electron chi connectivity index (χ1n) is 14.4. The van der Waals surface area contributed by atoms with Gasteiger partial charge in [0.15, 0.2) is 0 Å². The van der Waals surface area contributed by atoms with Crippen molar-refractivity contribution < 1.29 is 9.47 Å². The minimum Gasteiger partial charge on any atom is -0.481 e. The quantitative estimate of drug-likeness (QED) is 0.200. The third kappa shape index (κ3) is 3.84. The van der Waals surface area contributed by atoms with Gasteiger partial charge in [0.05, 0.1) is 47.7 Å². The highest BCUT2D eigenvalue weighted by molar-refractivity contribution is 6.13. The van der Waals surface area contributed by atoms with Crippen molar-refractivity contribution in [3.63, 3.8) is 0 Å². The van der Waals surface area contributed by atoms with Crippen LogP contribution < -0.4 is 9.47 Å². The number of hydrogen-bond acceptors (Lipinski definition) is 6. The number of nitrogens with zero attached hydrogens (tertiary/aromatic N) is 6. The largest absolute Gasteiger partial charge is 0.481 e. The molecule has 0 aliphatic heterocycles. The number of aromatic nitrogens is 6. The second-order valence-corrected chi connectivity index (χ2v) is 10.7. The summed E-state index contributed by atoms with van der Waals surface area (Å²) in [6.07, 6.45) is 7.24. The van der Waals surface area contributed by atoms with Gasteiger partial charge >= 0.3 is 0 Å². The standard InChI is InChI=1S/C36H28N6O2/c1-22(41-29-10-6-4-8-25(29)27-16-18-37-33(35(27)41)23-12-14-31(43-2)39-20-23)42-30-11-7-5-9-26(30)28-17-19-38-34(36(28)42)24-13-15-32(44-3)40-21-24/h4-22H,1-3H3. The third-order valence-electron chi connectivity index (χ3n) is 8.42.